The van der Waals surface area contributed by atoms with Crippen molar-refractivity contribution in [3.63, 3.8) is 0 Å². The van der Waals surface area contributed by atoms with Crippen LogP contribution < -0.4 is 0 Å². The molecule has 0 radical (unpaired) electrons. The van der Waals surface area contributed by atoms with Crippen LogP contribution in [0.25, 0.3) is 0 Å². The van der Waals surface area contributed by atoms with E-state index >= 15 is 0 Å². The monoisotopic (exact) mass is 294 g/mol. The fraction of sp³-hybridized carbons (Fsp3) is 0.882. The molecule has 4 nitrogen and oxygen atoms in total. The summed E-state index contributed by atoms with van der Waals surface area (Å²) in [5, 5.41) is 8.74. The zero-order valence-corrected chi connectivity index (χ0v) is 14.0. The smallest absolute Gasteiger partial charge is 0.225 e. The molecule has 120 valence electrons. The van der Waals surface area contributed by atoms with Gasteiger partial charge in [0.1, 0.15) is 0 Å². The molecular weight excluding hydrogens is 264 g/mol. The van der Waals surface area contributed by atoms with Crippen LogP contribution in [-0.4, -0.2) is 37.6 Å². The minimum atomic E-state index is 0.138. The Kier molecular flexibility index (Phi) is 7.17. The van der Waals surface area contributed by atoms with E-state index in [1.54, 1.807) is 7.11 Å². The summed E-state index contributed by atoms with van der Waals surface area (Å²) in [6.07, 6.45) is 4.63. The minimum absolute atomic E-state index is 0.138. The highest BCUT2D eigenvalue weighted by atomic mass is 16.5. The summed E-state index contributed by atoms with van der Waals surface area (Å²) in [5.41, 5.74) is 0.338. The molecule has 1 rings (SSSR count). The third kappa shape index (κ3) is 5.67. The lowest BCUT2D eigenvalue weighted by Crippen LogP contribution is -2.41. The number of ether oxygens (including phenoxy) is 1. The highest BCUT2D eigenvalue weighted by Gasteiger charge is 2.33. The number of carbonyl (C=O) groups excluding carboxylic acids is 1. The second-order valence-corrected chi connectivity index (χ2v) is 7.14. The molecule has 0 aromatic rings. The molecule has 0 spiro atoms. The van der Waals surface area contributed by atoms with Gasteiger partial charge >= 0.3 is 0 Å². The molecule has 0 aromatic heterocycles. The Labute approximate surface area is 129 Å². The van der Waals surface area contributed by atoms with Gasteiger partial charge in [-0.15, -0.1) is 0 Å². The van der Waals surface area contributed by atoms with Crippen LogP contribution in [0.4, 0.5) is 0 Å². The molecule has 0 heterocycles. The molecule has 4 heteroatoms. The Morgan fingerprint density at radius 1 is 1.24 bits per heavy atom. The van der Waals surface area contributed by atoms with Crippen LogP contribution in [0.2, 0.25) is 0 Å². The van der Waals surface area contributed by atoms with Crippen LogP contribution in [0.15, 0.2) is 0 Å². The average molecular weight is 294 g/mol. The van der Waals surface area contributed by atoms with Crippen molar-refractivity contribution in [1.29, 1.82) is 5.26 Å². The lowest BCUT2D eigenvalue weighted by Gasteiger charge is -2.37. The van der Waals surface area contributed by atoms with E-state index in [0.29, 0.717) is 37.5 Å². The number of carbonyl (C=O) groups is 1. The normalized spacial score (nSPS) is 22.6. The van der Waals surface area contributed by atoms with Gasteiger partial charge in [-0.05, 0) is 37.0 Å². The van der Waals surface area contributed by atoms with E-state index in [9.17, 15) is 4.79 Å². The second kappa shape index (κ2) is 8.38. The first-order valence-corrected chi connectivity index (χ1v) is 8.04. The number of hydrogen-bond donors (Lipinski definition) is 0. The third-order valence-corrected chi connectivity index (χ3v) is 4.67. The zero-order valence-electron chi connectivity index (χ0n) is 14.0. The molecule has 0 bridgehead atoms. The number of rotatable bonds is 6. The number of nitriles is 1. The summed E-state index contributed by atoms with van der Waals surface area (Å²) < 4.78 is 5.07. The standard InChI is InChI=1S/C17H30N2O2/c1-17(2,3)15-8-6-14(7-9-15)16(20)19(11-5-10-18)12-13-21-4/h14-15H,5-9,11-13H2,1-4H3. The topological polar surface area (TPSA) is 53.3 Å². The molecule has 21 heavy (non-hydrogen) atoms. The van der Waals surface area contributed by atoms with Gasteiger partial charge in [-0.1, -0.05) is 20.8 Å². The van der Waals surface area contributed by atoms with E-state index in [1.807, 2.05) is 4.90 Å². The first-order chi connectivity index (χ1) is 9.90. The van der Waals surface area contributed by atoms with Crippen molar-refractivity contribution in [2.24, 2.45) is 17.3 Å². The van der Waals surface area contributed by atoms with Crippen molar-refractivity contribution in [1.82, 2.24) is 4.90 Å². The van der Waals surface area contributed by atoms with Gasteiger partial charge in [0, 0.05) is 26.1 Å². The molecule has 1 aliphatic rings. The molecule has 0 atom stereocenters. The fourth-order valence-corrected chi connectivity index (χ4v) is 3.18. The maximum absolute atomic E-state index is 12.6. The van der Waals surface area contributed by atoms with Crippen molar-refractivity contribution >= 4 is 5.91 Å². The minimum Gasteiger partial charge on any atom is -0.383 e. The molecular formula is C17H30N2O2. The maximum Gasteiger partial charge on any atom is 0.225 e. The van der Waals surface area contributed by atoms with Crippen LogP contribution in [0.1, 0.15) is 52.9 Å². The summed E-state index contributed by atoms with van der Waals surface area (Å²) in [4.78, 5) is 14.4. The van der Waals surface area contributed by atoms with Crippen LogP contribution >= 0.6 is 0 Å². The molecule has 1 fully saturated rings. The number of methoxy groups -OCH3 is 1. The first-order valence-electron chi connectivity index (χ1n) is 8.04. The molecule has 0 aromatic carbocycles. The Morgan fingerprint density at radius 2 is 1.86 bits per heavy atom. The van der Waals surface area contributed by atoms with Gasteiger partial charge in [0.15, 0.2) is 0 Å². The number of hydrogen-bond acceptors (Lipinski definition) is 3. The summed E-state index contributed by atoms with van der Waals surface area (Å²) in [6, 6.07) is 2.12. The summed E-state index contributed by atoms with van der Waals surface area (Å²) in [7, 11) is 1.64. The average Bonchev–Trinajstić information content (AvgIpc) is 2.46. The third-order valence-electron chi connectivity index (χ3n) is 4.67. The Bertz CT molecular complexity index is 360. The van der Waals surface area contributed by atoms with E-state index in [1.165, 1.54) is 0 Å². The van der Waals surface area contributed by atoms with E-state index in [-0.39, 0.29) is 11.8 Å². The maximum atomic E-state index is 12.6. The van der Waals surface area contributed by atoms with Gasteiger partial charge < -0.3 is 9.64 Å². The lowest BCUT2D eigenvalue weighted by atomic mass is 9.69. The number of amides is 1. The summed E-state index contributed by atoms with van der Waals surface area (Å²) in [5.74, 6) is 1.07. The van der Waals surface area contributed by atoms with E-state index in [0.717, 1.165) is 25.7 Å². The second-order valence-electron chi connectivity index (χ2n) is 7.14. The van der Waals surface area contributed by atoms with Crippen molar-refractivity contribution < 1.29 is 9.53 Å². The van der Waals surface area contributed by atoms with Crippen LogP contribution in [0, 0.1) is 28.6 Å². The largest absolute Gasteiger partial charge is 0.383 e. The Morgan fingerprint density at radius 3 is 2.33 bits per heavy atom. The predicted octanol–water partition coefficient (Wildman–Crippen LogP) is 3.23. The van der Waals surface area contributed by atoms with Crippen molar-refractivity contribution in [3.05, 3.63) is 0 Å². The molecule has 0 saturated heterocycles. The van der Waals surface area contributed by atoms with Crippen LogP contribution in [-0.2, 0) is 9.53 Å². The first kappa shape index (κ1) is 18.0. The van der Waals surface area contributed by atoms with E-state index in [2.05, 4.69) is 26.8 Å². The number of nitrogens with zero attached hydrogens (tertiary/aromatic N) is 2. The highest BCUT2D eigenvalue weighted by molar-refractivity contribution is 5.79. The van der Waals surface area contributed by atoms with Gasteiger partial charge in [-0.3, -0.25) is 4.79 Å². The molecule has 0 aliphatic heterocycles. The predicted molar refractivity (Wildman–Crippen MR) is 83.6 cm³/mol. The van der Waals surface area contributed by atoms with Gasteiger partial charge in [0.2, 0.25) is 5.91 Å². The quantitative estimate of drug-likeness (QED) is 0.755. The summed E-state index contributed by atoms with van der Waals surface area (Å²) in [6.45, 7) is 8.52. The highest BCUT2D eigenvalue weighted by Crippen LogP contribution is 2.40. The molecule has 0 unspecified atom stereocenters. The van der Waals surface area contributed by atoms with Gasteiger partial charge in [-0.25, -0.2) is 0 Å². The van der Waals surface area contributed by atoms with Crippen LogP contribution in [0.3, 0.4) is 0 Å². The van der Waals surface area contributed by atoms with E-state index in [4.69, 9.17) is 10.00 Å². The Hall–Kier alpha value is -1.08. The zero-order chi connectivity index (χ0) is 15.9. The van der Waals surface area contributed by atoms with Gasteiger partial charge in [0.25, 0.3) is 0 Å². The molecule has 1 saturated carbocycles. The SMILES string of the molecule is COCCN(CCC#N)C(=O)C1CCC(C(C)(C)C)CC1. The summed E-state index contributed by atoms with van der Waals surface area (Å²) >= 11 is 0. The van der Waals surface area contributed by atoms with Gasteiger partial charge in [-0.2, -0.15) is 5.26 Å². The van der Waals surface area contributed by atoms with Crippen molar-refractivity contribution in [2.45, 2.75) is 52.9 Å². The van der Waals surface area contributed by atoms with Gasteiger partial charge in [0.05, 0.1) is 19.1 Å². The van der Waals surface area contributed by atoms with Crippen molar-refractivity contribution in [2.75, 3.05) is 26.8 Å². The molecule has 0 N–H and O–H groups in total. The Balaban J connectivity index is 2.54. The lowest BCUT2D eigenvalue weighted by molar-refractivity contribution is -0.137. The fourth-order valence-electron chi connectivity index (χ4n) is 3.18. The van der Waals surface area contributed by atoms with Crippen LogP contribution in [0.5, 0.6) is 0 Å². The molecule has 1 amide bonds. The van der Waals surface area contributed by atoms with E-state index < -0.39 is 0 Å². The van der Waals surface area contributed by atoms with Crippen molar-refractivity contribution in [3.8, 4) is 6.07 Å². The molecule has 1 aliphatic carbocycles.